The summed E-state index contributed by atoms with van der Waals surface area (Å²) in [6.45, 7) is 0.603. The first-order valence-corrected chi connectivity index (χ1v) is 12.3. The van der Waals surface area contributed by atoms with Crippen molar-refractivity contribution in [1.82, 2.24) is 14.3 Å². The zero-order valence-corrected chi connectivity index (χ0v) is 18.9. The summed E-state index contributed by atoms with van der Waals surface area (Å²) in [7, 11) is -3.41. The number of carbonyl (C=O) groups excluding carboxylic acids is 2. The summed E-state index contributed by atoms with van der Waals surface area (Å²) >= 11 is 0. The molecule has 2 aromatic rings. The Hall–Kier alpha value is -3.45. The first-order valence-electron chi connectivity index (χ1n) is 10.4. The molecular formula is C20H26N8O4S. The van der Waals surface area contributed by atoms with Gasteiger partial charge in [-0.3, -0.25) is 9.59 Å². The molecule has 0 bridgehead atoms. The largest absolute Gasteiger partial charge is 0.368 e. The molecule has 2 fully saturated rings. The summed E-state index contributed by atoms with van der Waals surface area (Å²) in [6, 6.07) is 6.69. The van der Waals surface area contributed by atoms with Gasteiger partial charge in [0.1, 0.15) is 11.9 Å². The van der Waals surface area contributed by atoms with Crippen molar-refractivity contribution in [3.05, 3.63) is 36.0 Å². The van der Waals surface area contributed by atoms with Crippen molar-refractivity contribution in [3.8, 4) is 0 Å². The molecule has 0 radical (unpaired) electrons. The van der Waals surface area contributed by atoms with Gasteiger partial charge in [0.2, 0.25) is 21.9 Å². The lowest BCUT2D eigenvalue weighted by Gasteiger charge is -2.40. The third-order valence-corrected chi connectivity index (χ3v) is 6.84. The lowest BCUT2D eigenvalue weighted by atomic mass is 10.1. The number of nitrogens with two attached hydrogens (primary N) is 2. The van der Waals surface area contributed by atoms with Crippen molar-refractivity contribution in [3.63, 3.8) is 0 Å². The Bertz CT molecular complexity index is 1170. The number of benzene rings is 1. The molecule has 1 aromatic carbocycles. The molecule has 1 unspecified atom stereocenters. The average molecular weight is 475 g/mol. The van der Waals surface area contributed by atoms with Gasteiger partial charge < -0.3 is 27.0 Å². The number of anilines is 4. The van der Waals surface area contributed by atoms with Crippen LogP contribution >= 0.6 is 0 Å². The molecule has 1 saturated carbocycles. The highest BCUT2D eigenvalue weighted by atomic mass is 32.2. The Morgan fingerprint density at radius 3 is 2.39 bits per heavy atom. The summed E-state index contributed by atoms with van der Waals surface area (Å²) in [5.74, 6) is -0.502. The Kier molecular flexibility index (Phi) is 6.08. The fourth-order valence-corrected chi connectivity index (χ4v) is 4.46. The SMILES string of the molecule is CS(=O)(=O)N1CCN(c2ccc(Nc3ncc(C(N)=O)c(NC4CC4)n3)cc2)C(C(N)=O)C1. The van der Waals surface area contributed by atoms with Crippen LogP contribution in [0.1, 0.15) is 23.2 Å². The van der Waals surface area contributed by atoms with Crippen LogP contribution in [-0.4, -0.2) is 72.5 Å². The molecule has 1 atom stereocenters. The maximum absolute atomic E-state index is 12.0. The number of sulfonamides is 1. The molecule has 0 spiro atoms. The molecule has 33 heavy (non-hydrogen) atoms. The predicted molar refractivity (Wildman–Crippen MR) is 124 cm³/mol. The Morgan fingerprint density at radius 1 is 1.12 bits per heavy atom. The van der Waals surface area contributed by atoms with E-state index in [1.807, 2.05) is 0 Å². The normalized spacial score (nSPS) is 19.2. The zero-order valence-electron chi connectivity index (χ0n) is 18.1. The van der Waals surface area contributed by atoms with E-state index >= 15 is 0 Å². The van der Waals surface area contributed by atoms with Gasteiger partial charge in [0.15, 0.2) is 0 Å². The first kappa shape index (κ1) is 22.7. The van der Waals surface area contributed by atoms with Gasteiger partial charge in [-0.2, -0.15) is 9.29 Å². The van der Waals surface area contributed by atoms with Crippen molar-refractivity contribution in [1.29, 1.82) is 0 Å². The summed E-state index contributed by atoms with van der Waals surface area (Å²) < 4.78 is 25.0. The van der Waals surface area contributed by atoms with Gasteiger partial charge >= 0.3 is 0 Å². The number of carbonyl (C=O) groups is 2. The lowest BCUT2D eigenvalue weighted by molar-refractivity contribution is -0.119. The average Bonchev–Trinajstić information content (AvgIpc) is 3.57. The second-order valence-corrected chi connectivity index (χ2v) is 10.1. The van der Waals surface area contributed by atoms with E-state index in [2.05, 4.69) is 20.6 Å². The van der Waals surface area contributed by atoms with Gasteiger partial charge in [0.25, 0.3) is 5.91 Å². The third-order valence-electron chi connectivity index (χ3n) is 5.57. The van der Waals surface area contributed by atoms with Crippen molar-refractivity contribution in [2.75, 3.05) is 41.4 Å². The van der Waals surface area contributed by atoms with E-state index in [4.69, 9.17) is 11.5 Å². The number of nitrogens with one attached hydrogen (secondary N) is 2. The van der Waals surface area contributed by atoms with Crippen LogP contribution in [0, 0.1) is 0 Å². The Morgan fingerprint density at radius 2 is 1.82 bits per heavy atom. The second kappa shape index (κ2) is 8.83. The second-order valence-electron chi connectivity index (χ2n) is 8.14. The first-order chi connectivity index (χ1) is 15.6. The van der Waals surface area contributed by atoms with Crippen LogP contribution in [0.2, 0.25) is 0 Å². The maximum atomic E-state index is 12.0. The Labute approximate surface area is 191 Å². The van der Waals surface area contributed by atoms with Crippen LogP contribution in [0.4, 0.5) is 23.1 Å². The highest BCUT2D eigenvalue weighted by Crippen LogP contribution is 2.27. The number of primary amides is 2. The van der Waals surface area contributed by atoms with Gasteiger partial charge in [0, 0.05) is 43.2 Å². The molecule has 6 N–H and O–H groups in total. The van der Waals surface area contributed by atoms with Crippen molar-refractivity contribution in [2.45, 2.75) is 24.9 Å². The van der Waals surface area contributed by atoms with Crippen LogP contribution < -0.4 is 27.0 Å². The van der Waals surface area contributed by atoms with Gasteiger partial charge in [-0.1, -0.05) is 0 Å². The summed E-state index contributed by atoms with van der Waals surface area (Å²) in [5.41, 5.74) is 12.6. The predicted octanol–water partition coefficient (Wildman–Crippen LogP) is -0.171. The molecule has 4 rings (SSSR count). The number of hydrogen-bond acceptors (Lipinski definition) is 9. The van der Waals surface area contributed by atoms with E-state index in [1.165, 1.54) is 10.5 Å². The standard InChI is InChI=1S/C20H26N8O4S/c1-33(31,32)27-8-9-28(16(11-27)18(22)30)14-6-4-13(5-7-14)25-20-23-10-15(17(21)29)19(26-20)24-12-2-3-12/h4-7,10,12,16H,2-3,8-9,11H2,1H3,(H2,21,29)(H2,22,30)(H2,23,24,25,26). The fraction of sp³-hybridized carbons (Fsp3) is 0.400. The van der Waals surface area contributed by atoms with Crippen LogP contribution in [0.15, 0.2) is 30.5 Å². The Balaban J connectivity index is 1.49. The van der Waals surface area contributed by atoms with Crippen molar-refractivity contribution >= 4 is 45.0 Å². The van der Waals surface area contributed by atoms with Gasteiger partial charge in [0.05, 0.1) is 11.8 Å². The van der Waals surface area contributed by atoms with E-state index < -0.39 is 27.9 Å². The molecule has 1 saturated heterocycles. The molecule has 1 aromatic heterocycles. The van der Waals surface area contributed by atoms with E-state index in [0.717, 1.165) is 24.8 Å². The molecule has 2 aliphatic rings. The molecule has 176 valence electrons. The number of aromatic nitrogens is 2. The lowest BCUT2D eigenvalue weighted by Crippen LogP contribution is -2.59. The molecule has 1 aliphatic heterocycles. The summed E-state index contributed by atoms with van der Waals surface area (Å²) in [6.07, 6.45) is 4.52. The minimum Gasteiger partial charge on any atom is -0.368 e. The number of rotatable bonds is 8. The van der Waals surface area contributed by atoms with Gasteiger partial charge in [-0.05, 0) is 37.1 Å². The molecule has 12 nitrogen and oxygen atoms in total. The number of hydrogen-bond donors (Lipinski definition) is 4. The van der Waals surface area contributed by atoms with Crippen LogP contribution in [0.5, 0.6) is 0 Å². The highest BCUT2D eigenvalue weighted by molar-refractivity contribution is 7.88. The summed E-state index contributed by atoms with van der Waals surface area (Å²) in [5, 5.41) is 6.27. The molecule has 2 heterocycles. The smallest absolute Gasteiger partial charge is 0.254 e. The third kappa shape index (κ3) is 5.31. The van der Waals surface area contributed by atoms with Gasteiger partial charge in [-0.15, -0.1) is 0 Å². The highest BCUT2D eigenvalue weighted by Gasteiger charge is 2.34. The maximum Gasteiger partial charge on any atom is 0.254 e. The summed E-state index contributed by atoms with van der Waals surface area (Å²) in [4.78, 5) is 34.0. The van der Waals surface area contributed by atoms with E-state index in [1.54, 1.807) is 29.2 Å². The monoisotopic (exact) mass is 474 g/mol. The van der Waals surface area contributed by atoms with Crippen LogP contribution in [0.25, 0.3) is 0 Å². The number of amides is 2. The molecule has 13 heteroatoms. The molecule has 1 aliphatic carbocycles. The van der Waals surface area contributed by atoms with Crippen LogP contribution in [-0.2, 0) is 14.8 Å². The quantitative estimate of drug-likeness (QED) is 0.404. The van der Waals surface area contributed by atoms with Gasteiger partial charge in [-0.25, -0.2) is 13.4 Å². The van der Waals surface area contributed by atoms with E-state index in [-0.39, 0.29) is 24.7 Å². The van der Waals surface area contributed by atoms with E-state index in [9.17, 15) is 18.0 Å². The number of nitrogens with zero attached hydrogens (tertiary/aromatic N) is 4. The zero-order chi connectivity index (χ0) is 23.8. The fourth-order valence-electron chi connectivity index (χ4n) is 3.63. The molecular weight excluding hydrogens is 448 g/mol. The van der Waals surface area contributed by atoms with Crippen molar-refractivity contribution in [2.24, 2.45) is 11.5 Å². The number of piperazine rings is 1. The minimum absolute atomic E-state index is 0.00495. The molecule has 2 amide bonds. The minimum atomic E-state index is -3.41. The van der Waals surface area contributed by atoms with Crippen LogP contribution in [0.3, 0.4) is 0 Å². The van der Waals surface area contributed by atoms with E-state index in [0.29, 0.717) is 24.0 Å². The topological polar surface area (TPSA) is 177 Å². The van der Waals surface area contributed by atoms with Crippen molar-refractivity contribution < 1.29 is 18.0 Å².